The first kappa shape index (κ1) is 7.73. The molecule has 1 nitrogen and oxygen atoms in total. The zero-order valence-corrected chi connectivity index (χ0v) is 7.44. The number of carbonyl (C=O) groups is 1. The fraction of sp³-hybridized carbons (Fsp3) is 0.375. The van der Waals surface area contributed by atoms with E-state index in [9.17, 15) is 4.79 Å². The zero-order chi connectivity index (χ0) is 7.56. The molecule has 1 aliphatic carbocycles. The minimum absolute atomic E-state index is 0.255. The van der Waals surface area contributed by atoms with E-state index < -0.39 is 0 Å². The molecule has 0 fully saturated rings. The molecule has 0 saturated carbocycles. The molecule has 0 aromatic rings. The van der Waals surface area contributed by atoms with Crippen LogP contribution in [0.1, 0.15) is 19.8 Å². The lowest BCUT2D eigenvalue weighted by Gasteiger charge is -2.06. The van der Waals surface area contributed by atoms with Gasteiger partial charge in [-0.25, -0.2) is 0 Å². The smallest absolute Gasteiger partial charge is 0.162 e. The van der Waals surface area contributed by atoms with E-state index in [1.165, 1.54) is 0 Å². The second-order valence-corrected chi connectivity index (χ2v) is 3.16. The first-order valence-electron chi connectivity index (χ1n) is 3.33. The van der Waals surface area contributed by atoms with Gasteiger partial charge in [0.1, 0.15) is 0 Å². The number of rotatable bonds is 1. The minimum atomic E-state index is 0.255. The van der Waals surface area contributed by atoms with Crippen LogP contribution in [0.25, 0.3) is 0 Å². The number of carbonyl (C=O) groups excluding carboxylic acids is 1. The van der Waals surface area contributed by atoms with E-state index >= 15 is 0 Å². The van der Waals surface area contributed by atoms with Crippen molar-refractivity contribution in [1.82, 2.24) is 0 Å². The summed E-state index contributed by atoms with van der Waals surface area (Å²) in [6.45, 7) is 2.00. The SMILES string of the molecule is CCC1=CC(Br)=CCC1=O. The molecule has 2 heteroatoms. The zero-order valence-electron chi connectivity index (χ0n) is 5.86. The van der Waals surface area contributed by atoms with E-state index in [0.717, 1.165) is 16.5 Å². The van der Waals surface area contributed by atoms with Gasteiger partial charge >= 0.3 is 0 Å². The van der Waals surface area contributed by atoms with E-state index in [4.69, 9.17) is 0 Å². The number of Topliss-reactive ketones (excluding diaryl/α,β-unsaturated/α-hetero) is 1. The largest absolute Gasteiger partial charge is 0.294 e. The van der Waals surface area contributed by atoms with Crippen molar-refractivity contribution in [2.75, 3.05) is 0 Å². The first-order valence-corrected chi connectivity index (χ1v) is 4.12. The Bertz CT molecular complexity index is 213. The summed E-state index contributed by atoms with van der Waals surface area (Å²) in [4.78, 5) is 11.0. The highest BCUT2D eigenvalue weighted by atomic mass is 79.9. The highest BCUT2D eigenvalue weighted by Gasteiger charge is 2.10. The van der Waals surface area contributed by atoms with Crippen LogP contribution in [0.3, 0.4) is 0 Å². The molecule has 0 radical (unpaired) electrons. The standard InChI is InChI=1S/C8H9BrO/c1-2-6-5-7(9)3-4-8(6)10/h3,5H,2,4H2,1H3. The Morgan fingerprint density at radius 1 is 1.70 bits per heavy atom. The number of ketones is 1. The van der Waals surface area contributed by atoms with E-state index in [0.29, 0.717) is 6.42 Å². The number of hydrogen-bond donors (Lipinski definition) is 0. The van der Waals surface area contributed by atoms with Crippen molar-refractivity contribution in [2.24, 2.45) is 0 Å². The Kier molecular flexibility index (Phi) is 2.44. The van der Waals surface area contributed by atoms with Crippen molar-refractivity contribution < 1.29 is 4.79 Å². The van der Waals surface area contributed by atoms with Gasteiger partial charge in [-0.05, 0) is 18.1 Å². The topological polar surface area (TPSA) is 17.1 Å². The molecule has 1 rings (SSSR count). The lowest BCUT2D eigenvalue weighted by atomic mass is 10.0. The van der Waals surface area contributed by atoms with Crippen LogP contribution >= 0.6 is 15.9 Å². The van der Waals surface area contributed by atoms with Crippen LogP contribution in [-0.2, 0) is 4.79 Å². The van der Waals surface area contributed by atoms with Gasteiger partial charge < -0.3 is 0 Å². The normalized spacial score (nSPS) is 18.4. The third-order valence-electron chi connectivity index (χ3n) is 1.53. The Morgan fingerprint density at radius 2 is 2.40 bits per heavy atom. The Hall–Kier alpha value is -0.370. The highest BCUT2D eigenvalue weighted by molar-refractivity contribution is 9.11. The van der Waals surface area contributed by atoms with Crippen molar-refractivity contribution in [2.45, 2.75) is 19.8 Å². The molecule has 10 heavy (non-hydrogen) atoms. The molecule has 0 atom stereocenters. The van der Waals surface area contributed by atoms with Crippen LogP contribution < -0.4 is 0 Å². The summed E-state index contributed by atoms with van der Waals surface area (Å²) in [5, 5.41) is 0. The van der Waals surface area contributed by atoms with Gasteiger partial charge in [-0.1, -0.05) is 28.9 Å². The monoisotopic (exact) mass is 200 g/mol. The van der Waals surface area contributed by atoms with E-state index in [1.54, 1.807) is 0 Å². The molecule has 0 heterocycles. The Labute approximate surface area is 68.9 Å². The minimum Gasteiger partial charge on any atom is -0.294 e. The van der Waals surface area contributed by atoms with Gasteiger partial charge in [0.05, 0.1) is 0 Å². The van der Waals surface area contributed by atoms with Crippen molar-refractivity contribution >= 4 is 21.7 Å². The number of hydrogen-bond acceptors (Lipinski definition) is 1. The molecule has 0 unspecified atom stereocenters. The van der Waals surface area contributed by atoms with Crippen LogP contribution in [-0.4, -0.2) is 5.78 Å². The summed E-state index contributed by atoms with van der Waals surface area (Å²) in [6, 6.07) is 0. The summed E-state index contributed by atoms with van der Waals surface area (Å²) in [5.41, 5.74) is 0.925. The average Bonchev–Trinajstić information content (AvgIpc) is 1.94. The van der Waals surface area contributed by atoms with E-state index in [2.05, 4.69) is 15.9 Å². The molecule has 54 valence electrons. The molecule has 1 aliphatic rings. The molecule has 0 aromatic heterocycles. The molecule has 0 spiro atoms. The molecule has 0 N–H and O–H groups in total. The summed E-state index contributed by atoms with van der Waals surface area (Å²) in [6.07, 6.45) is 5.18. The fourth-order valence-corrected chi connectivity index (χ4v) is 1.36. The van der Waals surface area contributed by atoms with Gasteiger partial charge in [-0.15, -0.1) is 0 Å². The summed E-state index contributed by atoms with van der Waals surface area (Å²) in [7, 11) is 0. The molecular weight excluding hydrogens is 192 g/mol. The fourth-order valence-electron chi connectivity index (χ4n) is 0.926. The predicted octanol–water partition coefficient (Wildman–Crippen LogP) is 2.57. The van der Waals surface area contributed by atoms with Crippen LogP contribution in [0, 0.1) is 0 Å². The van der Waals surface area contributed by atoms with Crippen LogP contribution in [0.2, 0.25) is 0 Å². The van der Waals surface area contributed by atoms with Crippen molar-refractivity contribution in [3.05, 3.63) is 22.2 Å². The molecule has 0 aromatic carbocycles. The number of halogens is 1. The highest BCUT2D eigenvalue weighted by Crippen LogP contribution is 2.20. The molecule has 0 bridgehead atoms. The first-order chi connectivity index (χ1) is 4.74. The summed E-state index contributed by atoms with van der Waals surface area (Å²) in [5.74, 6) is 0.255. The predicted molar refractivity (Wildman–Crippen MR) is 45.0 cm³/mol. The van der Waals surface area contributed by atoms with E-state index in [-0.39, 0.29) is 5.78 Å². The van der Waals surface area contributed by atoms with Gasteiger partial charge in [-0.3, -0.25) is 4.79 Å². The van der Waals surface area contributed by atoms with Crippen molar-refractivity contribution in [1.29, 1.82) is 0 Å². The van der Waals surface area contributed by atoms with Gasteiger partial charge in [0, 0.05) is 10.9 Å². The van der Waals surface area contributed by atoms with E-state index in [1.807, 2.05) is 19.1 Å². The van der Waals surface area contributed by atoms with Crippen molar-refractivity contribution in [3.63, 3.8) is 0 Å². The molecule has 0 amide bonds. The maximum atomic E-state index is 11.0. The maximum absolute atomic E-state index is 11.0. The van der Waals surface area contributed by atoms with Gasteiger partial charge in [0.15, 0.2) is 5.78 Å². The summed E-state index contributed by atoms with van der Waals surface area (Å²) >= 11 is 3.33. The quantitative estimate of drug-likeness (QED) is 0.637. The van der Waals surface area contributed by atoms with Gasteiger partial charge in [0.2, 0.25) is 0 Å². The number of allylic oxidation sites excluding steroid dienone is 4. The van der Waals surface area contributed by atoms with Crippen LogP contribution in [0.15, 0.2) is 22.2 Å². The second-order valence-electron chi connectivity index (χ2n) is 2.24. The maximum Gasteiger partial charge on any atom is 0.162 e. The second kappa shape index (κ2) is 3.15. The summed E-state index contributed by atoms with van der Waals surface area (Å²) < 4.78 is 1.03. The molecule has 0 aliphatic heterocycles. The molecular formula is C8H9BrO. The van der Waals surface area contributed by atoms with Gasteiger partial charge in [0.25, 0.3) is 0 Å². The Balaban J connectivity index is 2.83. The third kappa shape index (κ3) is 1.57. The lowest BCUT2D eigenvalue weighted by Crippen LogP contribution is -2.03. The Morgan fingerprint density at radius 3 is 2.90 bits per heavy atom. The molecule has 0 saturated heterocycles. The lowest BCUT2D eigenvalue weighted by molar-refractivity contribution is -0.115. The van der Waals surface area contributed by atoms with Crippen LogP contribution in [0.4, 0.5) is 0 Å². The average molecular weight is 201 g/mol. The third-order valence-corrected chi connectivity index (χ3v) is 2.09. The van der Waals surface area contributed by atoms with Gasteiger partial charge in [-0.2, -0.15) is 0 Å². The van der Waals surface area contributed by atoms with Crippen molar-refractivity contribution in [3.8, 4) is 0 Å². The van der Waals surface area contributed by atoms with Crippen LogP contribution in [0.5, 0.6) is 0 Å².